The van der Waals surface area contributed by atoms with Gasteiger partial charge in [-0.05, 0) is 12.0 Å². The maximum atomic E-state index is 12.9. The van der Waals surface area contributed by atoms with Crippen LogP contribution in [0.15, 0.2) is 60.7 Å². The monoisotopic (exact) mass is 374 g/mol. The van der Waals surface area contributed by atoms with E-state index in [0.29, 0.717) is 18.6 Å². The Kier molecular flexibility index (Phi) is 6.11. The van der Waals surface area contributed by atoms with Crippen molar-refractivity contribution in [3.63, 3.8) is 0 Å². The molecule has 0 aliphatic heterocycles. The zero-order valence-electron chi connectivity index (χ0n) is 13.0. The van der Waals surface area contributed by atoms with Gasteiger partial charge in [0.1, 0.15) is 0 Å². The minimum Gasteiger partial charge on any atom is -0.464 e. The molecule has 2 rings (SSSR count). The highest BCUT2D eigenvalue weighted by atomic mass is 79.9. The molecule has 0 radical (unpaired) electrons. The van der Waals surface area contributed by atoms with Crippen molar-refractivity contribution in [1.29, 1.82) is 0 Å². The molecule has 0 fully saturated rings. The summed E-state index contributed by atoms with van der Waals surface area (Å²) in [6, 6.07) is 18.2. The third kappa shape index (κ3) is 4.29. The van der Waals surface area contributed by atoms with E-state index in [2.05, 4.69) is 15.9 Å². The molecule has 0 N–H and O–H groups in total. The molecule has 2 aromatic carbocycles. The summed E-state index contributed by atoms with van der Waals surface area (Å²) in [6.07, 6.45) is 0.948. The van der Waals surface area contributed by atoms with E-state index in [1.165, 1.54) is 0 Å². The first kappa shape index (κ1) is 17.4. The van der Waals surface area contributed by atoms with Crippen LogP contribution in [0.1, 0.15) is 29.3 Å². The summed E-state index contributed by atoms with van der Waals surface area (Å²) in [6.45, 7) is 2.21. The molecule has 2 aromatic rings. The molecule has 3 nitrogen and oxygen atoms in total. The molecule has 0 saturated heterocycles. The van der Waals surface area contributed by atoms with E-state index in [-0.39, 0.29) is 12.2 Å². The summed E-state index contributed by atoms with van der Waals surface area (Å²) in [5.74, 6) is -0.833. The molecular weight excluding hydrogens is 356 g/mol. The number of esters is 1. The van der Waals surface area contributed by atoms with Gasteiger partial charge < -0.3 is 4.74 Å². The van der Waals surface area contributed by atoms with Crippen molar-refractivity contribution in [2.75, 3.05) is 6.61 Å². The number of alkyl halides is 1. The average Bonchev–Trinajstić information content (AvgIpc) is 2.60. The molecule has 0 amide bonds. The summed E-state index contributed by atoms with van der Waals surface area (Å²) >= 11 is 3.40. The van der Waals surface area contributed by atoms with Gasteiger partial charge in [0.25, 0.3) is 0 Å². The van der Waals surface area contributed by atoms with Crippen molar-refractivity contribution in [2.24, 2.45) is 0 Å². The van der Waals surface area contributed by atoms with Gasteiger partial charge in [-0.1, -0.05) is 83.5 Å². The number of halogens is 1. The van der Waals surface area contributed by atoms with Crippen LogP contribution < -0.4 is 0 Å². The van der Waals surface area contributed by atoms with Crippen LogP contribution in [0.3, 0.4) is 0 Å². The Balaban J connectivity index is 2.34. The van der Waals surface area contributed by atoms with Crippen molar-refractivity contribution in [2.45, 2.75) is 24.1 Å². The normalized spacial score (nSPS) is 13.1. The molecule has 0 aromatic heterocycles. The van der Waals surface area contributed by atoms with Gasteiger partial charge in [0.15, 0.2) is 10.1 Å². The van der Waals surface area contributed by atoms with Crippen molar-refractivity contribution in [3.8, 4) is 0 Å². The minimum atomic E-state index is -1.41. The second-order valence-corrected chi connectivity index (χ2v) is 6.65. The Labute approximate surface area is 144 Å². The number of carbonyl (C=O) groups is 2. The zero-order valence-corrected chi connectivity index (χ0v) is 14.6. The van der Waals surface area contributed by atoms with Crippen molar-refractivity contribution in [3.05, 3.63) is 71.8 Å². The predicted molar refractivity (Wildman–Crippen MR) is 93.8 cm³/mol. The Bertz CT molecular complexity index is 655. The van der Waals surface area contributed by atoms with Crippen LogP contribution in [0.4, 0.5) is 0 Å². The number of rotatable bonds is 7. The molecule has 1 atom stereocenters. The molecule has 4 heteroatoms. The zero-order chi connectivity index (χ0) is 16.7. The molecule has 23 heavy (non-hydrogen) atoms. The number of carbonyl (C=O) groups excluding carboxylic acids is 2. The topological polar surface area (TPSA) is 43.4 Å². The van der Waals surface area contributed by atoms with Gasteiger partial charge in [-0.25, -0.2) is 0 Å². The van der Waals surface area contributed by atoms with Crippen LogP contribution in [0.5, 0.6) is 0 Å². The van der Waals surface area contributed by atoms with Gasteiger partial charge in [0.05, 0.1) is 6.61 Å². The van der Waals surface area contributed by atoms with Crippen LogP contribution in [0, 0.1) is 0 Å². The molecule has 0 spiro atoms. The fraction of sp³-hybridized carbons (Fsp3) is 0.263. The van der Waals surface area contributed by atoms with Gasteiger partial charge >= 0.3 is 5.97 Å². The summed E-state index contributed by atoms with van der Waals surface area (Å²) in [5.41, 5.74) is 1.37. The number of ether oxygens (including phenoxy) is 1. The first-order valence-electron chi connectivity index (χ1n) is 7.58. The van der Waals surface area contributed by atoms with Gasteiger partial charge in [0.2, 0.25) is 0 Å². The maximum Gasteiger partial charge on any atom is 0.331 e. The Morgan fingerprint density at radius 1 is 1.00 bits per heavy atom. The van der Waals surface area contributed by atoms with Gasteiger partial charge in [0, 0.05) is 12.0 Å². The second-order valence-electron chi connectivity index (χ2n) is 5.29. The molecule has 120 valence electrons. The molecule has 0 aliphatic rings. The largest absolute Gasteiger partial charge is 0.464 e. The lowest BCUT2D eigenvalue weighted by Gasteiger charge is -2.24. The van der Waals surface area contributed by atoms with Gasteiger partial charge in [-0.3, -0.25) is 9.59 Å². The third-order valence-electron chi connectivity index (χ3n) is 3.45. The Morgan fingerprint density at radius 3 is 2.13 bits per heavy atom. The van der Waals surface area contributed by atoms with Crippen molar-refractivity contribution >= 4 is 27.7 Å². The number of ketones is 1. The van der Waals surface area contributed by atoms with Gasteiger partial charge in [-0.2, -0.15) is 0 Å². The molecular formula is C19H19BrO3. The van der Waals surface area contributed by atoms with E-state index in [9.17, 15) is 9.59 Å². The van der Waals surface area contributed by atoms with E-state index in [4.69, 9.17) is 4.74 Å². The van der Waals surface area contributed by atoms with Gasteiger partial charge in [-0.15, -0.1) is 0 Å². The van der Waals surface area contributed by atoms with Crippen molar-refractivity contribution in [1.82, 2.24) is 0 Å². The SMILES string of the molecule is CCCOC(=O)C(Br)(Cc1ccccc1)C(=O)c1ccccc1. The molecule has 1 unspecified atom stereocenters. The smallest absolute Gasteiger partial charge is 0.331 e. The lowest BCUT2D eigenvalue weighted by molar-refractivity contribution is -0.144. The minimum absolute atomic E-state index is 0.240. The fourth-order valence-electron chi connectivity index (χ4n) is 2.25. The van der Waals surface area contributed by atoms with Crippen molar-refractivity contribution < 1.29 is 14.3 Å². The van der Waals surface area contributed by atoms with E-state index < -0.39 is 10.3 Å². The highest BCUT2D eigenvalue weighted by molar-refractivity contribution is 9.10. The van der Waals surface area contributed by atoms with Crippen LogP contribution in [-0.2, 0) is 16.0 Å². The fourth-order valence-corrected chi connectivity index (χ4v) is 2.92. The van der Waals surface area contributed by atoms with Crippen LogP contribution in [0.2, 0.25) is 0 Å². The molecule has 0 bridgehead atoms. The second kappa shape index (κ2) is 8.06. The lowest BCUT2D eigenvalue weighted by Crippen LogP contribution is -2.44. The molecule has 0 saturated carbocycles. The third-order valence-corrected chi connectivity index (χ3v) is 4.41. The quantitative estimate of drug-likeness (QED) is 0.315. The first-order chi connectivity index (χ1) is 11.1. The first-order valence-corrected chi connectivity index (χ1v) is 8.37. The highest BCUT2D eigenvalue weighted by Crippen LogP contribution is 2.30. The van der Waals surface area contributed by atoms with E-state index in [1.807, 2.05) is 43.3 Å². The Morgan fingerprint density at radius 2 is 1.57 bits per heavy atom. The van der Waals surface area contributed by atoms with E-state index in [0.717, 1.165) is 5.56 Å². The maximum absolute atomic E-state index is 12.9. The predicted octanol–water partition coefficient (Wildman–Crippen LogP) is 4.20. The number of Topliss-reactive ketones (excluding diaryl/α,β-unsaturated/α-hetero) is 1. The lowest BCUT2D eigenvalue weighted by atomic mass is 9.91. The van der Waals surface area contributed by atoms with Crippen LogP contribution >= 0.6 is 15.9 Å². The van der Waals surface area contributed by atoms with Crippen LogP contribution in [-0.4, -0.2) is 22.7 Å². The highest BCUT2D eigenvalue weighted by Gasteiger charge is 2.45. The van der Waals surface area contributed by atoms with Crippen LogP contribution in [0.25, 0.3) is 0 Å². The summed E-state index contributed by atoms with van der Waals surface area (Å²) in [5, 5.41) is 0. The number of hydrogen-bond acceptors (Lipinski definition) is 3. The molecule has 0 heterocycles. The van der Waals surface area contributed by atoms with E-state index in [1.54, 1.807) is 24.3 Å². The standard InChI is InChI=1S/C19H19BrO3/c1-2-13-23-18(22)19(20,14-15-9-5-3-6-10-15)17(21)16-11-7-4-8-12-16/h3-12H,2,13-14H2,1H3. The average molecular weight is 375 g/mol. The number of benzene rings is 2. The number of hydrogen-bond donors (Lipinski definition) is 0. The Hall–Kier alpha value is -1.94. The molecule has 0 aliphatic carbocycles. The summed E-state index contributed by atoms with van der Waals surface area (Å²) in [7, 11) is 0. The van der Waals surface area contributed by atoms with E-state index >= 15 is 0 Å². The summed E-state index contributed by atoms with van der Waals surface area (Å²) in [4.78, 5) is 25.5. The summed E-state index contributed by atoms with van der Waals surface area (Å²) < 4.78 is 3.85.